The number of carbonyl (C=O) groups excluding carboxylic acids is 2. The van der Waals surface area contributed by atoms with Crippen LogP contribution >= 0.6 is 0 Å². The standard InChI is InChI=1S/C15H18O5/c1-9(16)12(10(2)17)6-11-7-14(19-4)15(20-5)8-13(11)18-3/h6-8H,1-5H3. The van der Waals surface area contributed by atoms with Gasteiger partial charge in [-0.05, 0) is 26.0 Å². The Morgan fingerprint density at radius 1 is 0.850 bits per heavy atom. The fourth-order valence-electron chi connectivity index (χ4n) is 1.77. The van der Waals surface area contributed by atoms with E-state index in [0.29, 0.717) is 22.8 Å². The van der Waals surface area contributed by atoms with Gasteiger partial charge in [-0.1, -0.05) is 0 Å². The topological polar surface area (TPSA) is 61.8 Å². The molecule has 0 fully saturated rings. The molecule has 0 bridgehead atoms. The summed E-state index contributed by atoms with van der Waals surface area (Å²) in [5.74, 6) is 0.894. The second-order valence-corrected chi connectivity index (χ2v) is 4.12. The maximum atomic E-state index is 11.5. The van der Waals surface area contributed by atoms with Crippen LogP contribution in [0.2, 0.25) is 0 Å². The second kappa shape index (κ2) is 6.75. The van der Waals surface area contributed by atoms with Crippen LogP contribution in [0.3, 0.4) is 0 Å². The van der Waals surface area contributed by atoms with Gasteiger partial charge in [0, 0.05) is 11.6 Å². The van der Waals surface area contributed by atoms with Crippen molar-refractivity contribution in [2.45, 2.75) is 13.8 Å². The molecule has 0 spiro atoms. The van der Waals surface area contributed by atoms with Crippen LogP contribution < -0.4 is 14.2 Å². The van der Waals surface area contributed by atoms with E-state index in [9.17, 15) is 9.59 Å². The van der Waals surface area contributed by atoms with Gasteiger partial charge in [-0.2, -0.15) is 0 Å². The summed E-state index contributed by atoms with van der Waals surface area (Å²) >= 11 is 0. The third-order valence-corrected chi connectivity index (χ3v) is 2.79. The molecule has 0 heterocycles. The number of allylic oxidation sites excluding steroid dienone is 1. The Hall–Kier alpha value is -2.30. The van der Waals surface area contributed by atoms with Crippen LogP contribution in [0.1, 0.15) is 19.4 Å². The highest BCUT2D eigenvalue weighted by Gasteiger charge is 2.14. The first-order valence-electron chi connectivity index (χ1n) is 5.98. The molecule has 0 N–H and O–H groups in total. The van der Waals surface area contributed by atoms with Crippen molar-refractivity contribution in [3.05, 3.63) is 23.3 Å². The Morgan fingerprint density at radius 3 is 1.70 bits per heavy atom. The van der Waals surface area contributed by atoms with Gasteiger partial charge in [0.15, 0.2) is 23.1 Å². The molecule has 0 atom stereocenters. The molecule has 0 saturated carbocycles. The van der Waals surface area contributed by atoms with E-state index < -0.39 is 0 Å². The van der Waals surface area contributed by atoms with Gasteiger partial charge in [0.05, 0.1) is 26.9 Å². The summed E-state index contributed by atoms with van der Waals surface area (Å²) in [5.41, 5.74) is 0.682. The van der Waals surface area contributed by atoms with Crippen LogP contribution in [0, 0.1) is 0 Å². The van der Waals surface area contributed by atoms with Crippen molar-refractivity contribution in [2.24, 2.45) is 0 Å². The molecule has 0 aliphatic heterocycles. The van der Waals surface area contributed by atoms with E-state index in [-0.39, 0.29) is 17.1 Å². The van der Waals surface area contributed by atoms with Crippen LogP contribution in [0.25, 0.3) is 6.08 Å². The quantitative estimate of drug-likeness (QED) is 0.454. The number of hydrogen-bond donors (Lipinski definition) is 0. The molecule has 0 amide bonds. The molecule has 0 radical (unpaired) electrons. The van der Waals surface area contributed by atoms with Crippen molar-refractivity contribution in [1.82, 2.24) is 0 Å². The van der Waals surface area contributed by atoms with Crippen molar-refractivity contribution in [3.8, 4) is 17.2 Å². The van der Waals surface area contributed by atoms with Gasteiger partial charge in [-0.3, -0.25) is 9.59 Å². The van der Waals surface area contributed by atoms with Crippen LogP contribution in [0.4, 0.5) is 0 Å². The Kier molecular flexibility index (Phi) is 5.32. The molecule has 1 rings (SSSR count). The minimum Gasteiger partial charge on any atom is -0.496 e. The molecule has 1 aromatic carbocycles. The van der Waals surface area contributed by atoms with E-state index in [0.717, 1.165) is 0 Å². The molecule has 0 unspecified atom stereocenters. The number of hydrogen-bond acceptors (Lipinski definition) is 5. The van der Waals surface area contributed by atoms with Crippen molar-refractivity contribution in [1.29, 1.82) is 0 Å². The lowest BCUT2D eigenvalue weighted by molar-refractivity contribution is -0.119. The summed E-state index contributed by atoms with van der Waals surface area (Å²) < 4.78 is 15.6. The van der Waals surface area contributed by atoms with Gasteiger partial charge in [-0.25, -0.2) is 0 Å². The zero-order chi connectivity index (χ0) is 15.3. The highest BCUT2D eigenvalue weighted by atomic mass is 16.5. The Bertz CT molecular complexity index is 542. The predicted molar refractivity (Wildman–Crippen MR) is 75.4 cm³/mol. The van der Waals surface area contributed by atoms with Crippen molar-refractivity contribution in [2.75, 3.05) is 21.3 Å². The van der Waals surface area contributed by atoms with Gasteiger partial charge in [0.25, 0.3) is 0 Å². The second-order valence-electron chi connectivity index (χ2n) is 4.12. The predicted octanol–water partition coefficient (Wildman–Crippen LogP) is 2.27. The molecule has 0 aliphatic carbocycles. The highest BCUT2D eigenvalue weighted by molar-refractivity contribution is 6.21. The van der Waals surface area contributed by atoms with E-state index >= 15 is 0 Å². The van der Waals surface area contributed by atoms with E-state index in [1.165, 1.54) is 41.3 Å². The molecular weight excluding hydrogens is 260 g/mol. The molecular formula is C15H18O5. The van der Waals surface area contributed by atoms with Crippen molar-refractivity contribution >= 4 is 17.6 Å². The highest BCUT2D eigenvalue weighted by Crippen LogP contribution is 2.35. The maximum absolute atomic E-state index is 11.5. The lowest BCUT2D eigenvalue weighted by Crippen LogP contribution is -2.06. The number of carbonyl (C=O) groups is 2. The Morgan fingerprint density at radius 2 is 1.30 bits per heavy atom. The first-order valence-corrected chi connectivity index (χ1v) is 5.98. The van der Waals surface area contributed by atoms with Crippen LogP contribution in [-0.4, -0.2) is 32.9 Å². The largest absolute Gasteiger partial charge is 0.496 e. The fraction of sp³-hybridized carbons (Fsp3) is 0.333. The minimum absolute atomic E-state index is 0.107. The third kappa shape index (κ3) is 3.38. The average molecular weight is 278 g/mol. The summed E-state index contributed by atoms with van der Waals surface area (Å²) in [4.78, 5) is 23.0. The van der Waals surface area contributed by atoms with Gasteiger partial charge in [0.1, 0.15) is 5.75 Å². The van der Waals surface area contributed by atoms with E-state index in [4.69, 9.17) is 14.2 Å². The summed E-state index contributed by atoms with van der Waals surface area (Å²) in [5, 5.41) is 0. The SMILES string of the molecule is COc1cc(OC)c(OC)cc1C=C(C(C)=O)C(C)=O. The number of Topliss-reactive ketones (excluding diaryl/α,β-unsaturated/α-hetero) is 2. The van der Waals surface area contributed by atoms with E-state index in [2.05, 4.69) is 0 Å². The zero-order valence-electron chi connectivity index (χ0n) is 12.3. The lowest BCUT2D eigenvalue weighted by atomic mass is 10.0. The molecule has 20 heavy (non-hydrogen) atoms. The summed E-state index contributed by atoms with van der Waals surface area (Å²) in [7, 11) is 4.53. The lowest BCUT2D eigenvalue weighted by Gasteiger charge is -2.12. The van der Waals surface area contributed by atoms with Crippen molar-refractivity contribution < 1.29 is 23.8 Å². The summed E-state index contributed by atoms with van der Waals surface area (Å²) in [6, 6.07) is 3.30. The molecule has 5 nitrogen and oxygen atoms in total. The average Bonchev–Trinajstić information content (AvgIpc) is 2.42. The van der Waals surface area contributed by atoms with E-state index in [1.54, 1.807) is 12.1 Å². The van der Waals surface area contributed by atoms with Crippen molar-refractivity contribution in [3.63, 3.8) is 0 Å². The first-order chi connectivity index (χ1) is 9.44. The first kappa shape index (κ1) is 15.8. The Balaban J connectivity index is 3.46. The number of ketones is 2. The molecule has 108 valence electrons. The number of methoxy groups -OCH3 is 3. The van der Waals surface area contributed by atoms with Crippen LogP contribution in [0.5, 0.6) is 17.2 Å². The molecule has 0 aliphatic rings. The van der Waals surface area contributed by atoms with Gasteiger partial charge in [0.2, 0.25) is 0 Å². The summed E-state index contributed by atoms with van der Waals surface area (Å²) in [6.45, 7) is 2.70. The molecule has 5 heteroatoms. The number of ether oxygens (including phenoxy) is 3. The number of benzene rings is 1. The van der Waals surface area contributed by atoms with Crippen LogP contribution in [-0.2, 0) is 9.59 Å². The molecule has 1 aromatic rings. The Labute approximate surface area is 118 Å². The summed E-state index contributed by atoms with van der Waals surface area (Å²) in [6.07, 6.45) is 1.49. The molecule has 0 aromatic heterocycles. The number of rotatable bonds is 6. The zero-order valence-corrected chi connectivity index (χ0v) is 12.3. The van der Waals surface area contributed by atoms with Gasteiger partial charge < -0.3 is 14.2 Å². The third-order valence-electron chi connectivity index (χ3n) is 2.79. The minimum atomic E-state index is -0.297. The van der Waals surface area contributed by atoms with Gasteiger partial charge >= 0.3 is 0 Å². The monoisotopic (exact) mass is 278 g/mol. The van der Waals surface area contributed by atoms with Gasteiger partial charge in [-0.15, -0.1) is 0 Å². The maximum Gasteiger partial charge on any atom is 0.164 e. The molecule has 0 saturated heterocycles. The normalized spacial score (nSPS) is 9.65. The smallest absolute Gasteiger partial charge is 0.164 e. The fourth-order valence-corrected chi connectivity index (χ4v) is 1.77. The van der Waals surface area contributed by atoms with E-state index in [1.807, 2.05) is 0 Å². The van der Waals surface area contributed by atoms with Crippen LogP contribution in [0.15, 0.2) is 17.7 Å².